The summed E-state index contributed by atoms with van der Waals surface area (Å²) in [6.07, 6.45) is 2.01. The minimum atomic E-state index is 0.00356. The molecule has 2 heterocycles. The molecule has 0 bridgehead atoms. The first kappa shape index (κ1) is 11.4. The van der Waals surface area contributed by atoms with Crippen LogP contribution in [0, 0.1) is 0 Å². The number of carbonyl (C=O) groups excluding carboxylic acids is 1. The van der Waals surface area contributed by atoms with Crippen molar-refractivity contribution in [3.8, 4) is 0 Å². The molecule has 4 nitrogen and oxygen atoms in total. The van der Waals surface area contributed by atoms with Crippen molar-refractivity contribution >= 4 is 5.78 Å². The summed E-state index contributed by atoms with van der Waals surface area (Å²) in [7, 11) is 4.07. The molecule has 1 fully saturated rings. The van der Waals surface area contributed by atoms with Gasteiger partial charge in [0.15, 0.2) is 5.78 Å². The van der Waals surface area contributed by atoms with E-state index in [0.717, 1.165) is 25.4 Å². The third kappa shape index (κ3) is 2.51. The highest BCUT2D eigenvalue weighted by Gasteiger charge is 2.28. The predicted molar refractivity (Wildman–Crippen MR) is 61.3 cm³/mol. The number of hydrogen-bond acceptors (Lipinski definition) is 4. The number of piperazine rings is 1. The van der Waals surface area contributed by atoms with Crippen LogP contribution in [0.4, 0.5) is 0 Å². The largest absolute Gasteiger partial charge is 0.469 e. The highest BCUT2D eigenvalue weighted by atomic mass is 16.3. The highest BCUT2D eigenvalue weighted by molar-refractivity contribution is 5.86. The van der Waals surface area contributed by atoms with E-state index in [4.69, 9.17) is 4.42 Å². The van der Waals surface area contributed by atoms with Crippen LogP contribution in [0.3, 0.4) is 0 Å². The van der Waals surface area contributed by atoms with E-state index in [-0.39, 0.29) is 11.8 Å². The number of rotatable bonds is 3. The van der Waals surface area contributed by atoms with E-state index in [0.29, 0.717) is 6.42 Å². The SMILES string of the molecule is CN1CCN(C)C(C(=O)Cc2ccco2)C1. The zero-order chi connectivity index (χ0) is 11.5. The fourth-order valence-corrected chi connectivity index (χ4v) is 2.06. The molecule has 2 rings (SSSR count). The van der Waals surface area contributed by atoms with Crippen LogP contribution in [0.15, 0.2) is 22.8 Å². The Morgan fingerprint density at radius 2 is 2.31 bits per heavy atom. The maximum Gasteiger partial charge on any atom is 0.158 e. The summed E-state index contributed by atoms with van der Waals surface area (Å²) < 4.78 is 5.20. The Morgan fingerprint density at radius 3 is 3.00 bits per heavy atom. The molecule has 16 heavy (non-hydrogen) atoms. The molecule has 1 aromatic rings. The lowest BCUT2D eigenvalue weighted by atomic mass is 10.0. The second kappa shape index (κ2) is 4.80. The molecule has 4 heteroatoms. The van der Waals surface area contributed by atoms with Gasteiger partial charge in [-0.25, -0.2) is 0 Å². The van der Waals surface area contributed by atoms with Gasteiger partial charge in [0, 0.05) is 19.6 Å². The maximum atomic E-state index is 12.1. The molecule has 1 aromatic heterocycles. The fraction of sp³-hybridized carbons (Fsp3) is 0.583. The number of Topliss-reactive ketones (excluding diaryl/α,β-unsaturated/α-hetero) is 1. The minimum absolute atomic E-state index is 0.00356. The van der Waals surface area contributed by atoms with Crippen LogP contribution >= 0.6 is 0 Å². The lowest BCUT2D eigenvalue weighted by molar-refractivity contribution is -0.125. The van der Waals surface area contributed by atoms with Crippen LogP contribution in [0.5, 0.6) is 0 Å². The molecular formula is C12H18N2O2. The molecule has 0 radical (unpaired) electrons. The normalized spacial score (nSPS) is 23.5. The highest BCUT2D eigenvalue weighted by Crippen LogP contribution is 2.10. The minimum Gasteiger partial charge on any atom is -0.469 e. The first-order valence-electron chi connectivity index (χ1n) is 5.60. The van der Waals surface area contributed by atoms with Gasteiger partial charge < -0.3 is 9.32 Å². The monoisotopic (exact) mass is 222 g/mol. The van der Waals surface area contributed by atoms with Gasteiger partial charge in [0.25, 0.3) is 0 Å². The van der Waals surface area contributed by atoms with Gasteiger partial charge in [-0.05, 0) is 26.2 Å². The molecule has 0 aliphatic carbocycles. The van der Waals surface area contributed by atoms with Gasteiger partial charge in [0.05, 0.1) is 18.7 Å². The quantitative estimate of drug-likeness (QED) is 0.752. The molecule has 0 amide bonds. The molecule has 1 atom stereocenters. The Morgan fingerprint density at radius 1 is 1.50 bits per heavy atom. The van der Waals surface area contributed by atoms with Crippen molar-refractivity contribution in [2.45, 2.75) is 12.5 Å². The van der Waals surface area contributed by atoms with E-state index in [1.807, 2.05) is 19.2 Å². The molecule has 1 aliphatic heterocycles. The molecule has 0 aromatic carbocycles. The Balaban J connectivity index is 1.97. The van der Waals surface area contributed by atoms with E-state index < -0.39 is 0 Å². The number of hydrogen-bond donors (Lipinski definition) is 0. The zero-order valence-electron chi connectivity index (χ0n) is 9.85. The Hall–Kier alpha value is -1.13. The number of nitrogens with zero attached hydrogens (tertiary/aromatic N) is 2. The topological polar surface area (TPSA) is 36.7 Å². The smallest absolute Gasteiger partial charge is 0.158 e. The fourth-order valence-electron chi connectivity index (χ4n) is 2.06. The Labute approximate surface area is 95.8 Å². The summed E-state index contributed by atoms with van der Waals surface area (Å²) in [6, 6.07) is 3.67. The molecule has 0 N–H and O–H groups in total. The summed E-state index contributed by atoms with van der Waals surface area (Å²) in [5, 5.41) is 0. The van der Waals surface area contributed by atoms with Gasteiger partial charge in [0.2, 0.25) is 0 Å². The summed E-state index contributed by atoms with van der Waals surface area (Å²) in [5.74, 6) is 0.996. The van der Waals surface area contributed by atoms with Crippen molar-refractivity contribution in [2.24, 2.45) is 0 Å². The summed E-state index contributed by atoms with van der Waals surface area (Å²) in [5.41, 5.74) is 0. The lowest BCUT2D eigenvalue weighted by Gasteiger charge is -2.36. The van der Waals surface area contributed by atoms with Gasteiger partial charge >= 0.3 is 0 Å². The molecule has 1 saturated heterocycles. The average molecular weight is 222 g/mol. The molecule has 88 valence electrons. The van der Waals surface area contributed by atoms with Crippen LogP contribution in [0.1, 0.15) is 5.76 Å². The standard InChI is InChI=1S/C12H18N2O2/c1-13-5-6-14(2)11(9-13)12(15)8-10-4-3-7-16-10/h3-4,7,11H,5-6,8-9H2,1-2H3. The van der Waals surface area contributed by atoms with E-state index in [1.165, 1.54) is 0 Å². The summed E-state index contributed by atoms with van der Waals surface area (Å²) >= 11 is 0. The van der Waals surface area contributed by atoms with Gasteiger partial charge in [-0.2, -0.15) is 0 Å². The number of carbonyl (C=O) groups is 1. The van der Waals surface area contributed by atoms with Crippen LogP contribution < -0.4 is 0 Å². The first-order chi connectivity index (χ1) is 7.66. The van der Waals surface area contributed by atoms with Gasteiger partial charge in [-0.3, -0.25) is 9.69 Å². The van der Waals surface area contributed by atoms with Crippen molar-refractivity contribution in [1.82, 2.24) is 9.80 Å². The molecule has 0 saturated carbocycles. The molecular weight excluding hydrogens is 204 g/mol. The van der Waals surface area contributed by atoms with E-state index in [1.54, 1.807) is 6.26 Å². The number of furan rings is 1. The molecule has 1 unspecified atom stereocenters. The summed E-state index contributed by atoms with van der Waals surface area (Å²) in [4.78, 5) is 16.4. The Kier molecular flexibility index (Phi) is 3.41. The maximum absolute atomic E-state index is 12.1. The Bertz CT molecular complexity index is 348. The first-order valence-corrected chi connectivity index (χ1v) is 5.60. The van der Waals surface area contributed by atoms with E-state index in [2.05, 4.69) is 16.8 Å². The third-order valence-corrected chi connectivity index (χ3v) is 3.15. The average Bonchev–Trinajstić information content (AvgIpc) is 2.74. The van der Waals surface area contributed by atoms with Gasteiger partial charge in [0.1, 0.15) is 5.76 Å². The lowest BCUT2D eigenvalue weighted by Crippen LogP contribution is -2.53. The van der Waals surface area contributed by atoms with Crippen molar-refractivity contribution in [3.05, 3.63) is 24.2 Å². The van der Waals surface area contributed by atoms with Crippen molar-refractivity contribution < 1.29 is 9.21 Å². The molecule has 1 aliphatic rings. The van der Waals surface area contributed by atoms with Crippen LogP contribution in [0.25, 0.3) is 0 Å². The van der Waals surface area contributed by atoms with E-state index >= 15 is 0 Å². The second-order valence-corrected chi connectivity index (χ2v) is 4.48. The van der Waals surface area contributed by atoms with Crippen LogP contribution in [0.2, 0.25) is 0 Å². The van der Waals surface area contributed by atoms with E-state index in [9.17, 15) is 4.79 Å². The van der Waals surface area contributed by atoms with Crippen LogP contribution in [-0.4, -0.2) is 55.4 Å². The zero-order valence-corrected chi connectivity index (χ0v) is 9.85. The van der Waals surface area contributed by atoms with Gasteiger partial charge in [-0.1, -0.05) is 0 Å². The molecule has 0 spiro atoms. The number of likely N-dealkylation sites (N-methyl/N-ethyl adjacent to an activating group) is 2. The van der Waals surface area contributed by atoms with Crippen molar-refractivity contribution in [3.63, 3.8) is 0 Å². The second-order valence-electron chi connectivity index (χ2n) is 4.48. The third-order valence-electron chi connectivity index (χ3n) is 3.15. The number of ketones is 1. The summed E-state index contributed by atoms with van der Waals surface area (Å²) in [6.45, 7) is 2.79. The predicted octanol–water partition coefficient (Wildman–Crippen LogP) is 0.637. The van der Waals surface area contributed by atoms with Crippen LogP contribution in [-0.2, 0) is 11.2 Å². The van der Waals surface area contributed by atoms with Gasteiger partial charge in [-0.15, -0.1) is 0 Å². The van der Waals surface area contributed by atoms with Crippen molar-refractivity contribution in [2.75, 3.05) is 33.7 Å². The van der Waals surface area contributed by atoms with Crippen molar-refractivity contribution in [1.29, 1.82) is 0 Å².